The van der Waals surface area contributed by atoms with Gasteiger partial charge in [-0.25, -0.2) is 9.79 Å². The third-order valence-electron chi connectivity index (χ3n) is 5.71. The highest BCUT2D eigenvalue weighted by atomic mass is 79.9. The van der Waals surface area contributed by atoms with Gasteiger partial charge in [0, 0.05) is 40.7 Å². The second-order valence-electron chi connectivity index (χ2n) is 8.08. The third-order valence-corrected chi connectivity index (χ3v) is 7.30. The van der Waals surface area contributed by atoms with E-state index in [1.807, 2.05) is 30.3 Å². The number of aromatic nitrogens is 1. The summed E-state index contributed by atoms with van der Waals surface area (Å²) in [5, 5.41) is 10.7. The summed E-state index contributed by atoms with van der Waals surface area (Å²) < 4.78 is 3.23. The molecule has 2 heterocycles. The molecule has 0 saturated carbocycles. The number of amides is 1. The van der Waals surface area contributed by atoms with Crippen molar-refractivity contribution in [2.24, 2.45) is 4.99 Å². The molecule has 0 spiro atoms. The SMILES string of the molecule is CN1C(=O)/C(=C/c2cn(Cc3ccc(Br)cc3)c3ccccc23)SC1=Nc1ccc(C(=O)O)cc1. The Morgan fingerprint density at radius 2 is 1.77 bits per heavy atom. The van der Waals surface area contributed by atoms with Gasteiger partial charge < -0.3 is 9.67 Å². The number of carbonyl (C=O) groups excluding carboxylic acids is 1. The predicted octanol–water partition coefficient (Wildman–Crippen LogP) is 6.38. The van der Waals surface area contributed by atoms with Gasteiger partial charge in [0.15, 0.2) is 5.17 Å². The first-order valence-electron chi connectivity index (χ1n) is 10.8. The normalized spacial score (nSPS) is 16.1. The second-order valence-corrected chi connectivity index (χ2v) is 10.0. The highest BCUT2D eigenvalue weighted by molar-refractivity contribution is 9.10. The number of likely N-dealkylation sites (N-methyl/N-ethyl adjacent to an activating group) is 1. The fourth-order valence-corrected chi connectivity index (χ4v) is 5.13. The van der Waals surface area contributed by atoms with Gasteiger partial charge in [0.05, 0.1) is 16.2 Å². The van der Waals surface area contributed by atoms with Crippen molar-refractivity contribution in [2.75, 3.05) is 7.05 Å². The Balaban J connectivity index is 1.46. The molecule has 174 valence electrons. The minimum Gasteiger partial charge on any atom is -0.478 e. The molecule has 1 aliphatic heterocycles. The summed E-state index contributed by atoms with van der Waals surface area (Å²) in [5.74, 6) is -1.11. The molecule has 1 aromatic heterocycles. The minimum absolute atomic E-state index is 0.124. The number of carbonyl (C=O) groups is 2. The van der Waals surface area contributed by atoms with Gasteiger partial charge in [-0.15, -0.1) is 0 Å². The molecule has 5 rings (SSSR count). The number of aliphatic imine (C=N–C) groups is 1. The topological polar surface area (TPSA) is 74.9 Å². The summed E-state index contributed by atoms with van der Waals surface area (Å²) in [7, 11) is 1.69. The number of carboxylic acids is 1. The van der Waals surface area contributed by atoms with Crippen molar-refractivity contribution in [3.63, 3.8) is 0 Å². The van der Waals surface area contributed by atoms with Crippen LogP contribution in [0.4, 0.5) is 5.69 Å². The molecule has 6 nitrogen and oxygen atoms in total. The van der Waals surface area contributed by atoms with Gasteiger partial charge >= 0.3 is 5.97 Å². The Morgan fingerprint density at radius 3 is 2.49 bits per heavy atom. The van der Waals surface area contributed by atoms with Crippen LogP contribution in [-0.4, -0.2) is 38.7 Å². The number of halogens is 1. The Labute approximate surface area is 214 Å². The highest BCUT2D eigenvalue weighted by Gasteiger charge is 2.30. The van der Waals surface area contributed by atoms with Crippen LogP contribution in [0.2, 0.25) is 0 Å². The van der Waals surface area contributed by atoms with Gasteiger partial charge in [-0.05, 0) is 65.9 Å². The Bertz CT molecular complexity index is 1510. The lowest BCUT2D eigenvalue weighted by Gasteiger charge is -2.07. The van der Waals surface area contributed by atoms with Crippen LogP contribution in [0.15, 0.2) is 93.4 Å². The van der Waals surface area contributed by atoms with E-state index >= 15 is 0 Å². The standard InChI is InChI=1S/C27H20BrN3O3S/c1-30-25(32)24(35-27(30)29-21-12-8-18(9-13-21)26(33)34)14-19-16-31(23-5-3-2-4-22(19)23)15-17-6-10-20(28)11-7-17/h2-14,16H,15H2,1H3,(H,33,34)/b24-14-,29-27?. The molecule has 0 atom stereocenters. The molecular formula is C27H20BrN3O3S. The molecule has 0 radical (unpaired) electrons. The molecule has 3 aromatic carbocycles. The maximum atomic E-state index is 13.0. The smallest absolute Gasteiger partial charge is 0.335 e. The summed E-state index contributed by atoms with van der Waals surface area (Å²) in [6.07, 6.45) is 3.99. The zero-order valence-electron chi connectivity index (χ0n) is 18.7. The highest BCUT2D eigenvalue weighted by Crippen LogP contribution is 2.35. The average molecular weight is 546 g/mol. The summed E-state index contributed by atoms with van der Waals surface area (Å²) in [5.41, 5.74) is 4.03. The number of fused-ring (bicyclic) bond motifs is 1. The molecule has 0 aliphatic carbocycles. The van der Waals surface area contributed by atoms with E-state index in [0.717, 1.165) is 27.5 Å². The van der Waals surface area contributed by atoms with Crippen molar-refractivity contribution >= 4 is 67.4 Å². The van der Waals surface area contributed by atoms with Crippen molar-refractivity contribution in [3.05, 3.63) is 105 Å². The van der Waals surface area contributed by atoms with Crippen molar-refractivity contribution in [2.45, 2.75) is 6.54 Å². The van der Waals surface area contributed by atoms with Gasteiger partial charge in [-0.3, -0.25) is 9.69 Å². The number of hydrogen-bond acceptors (Lipinski definition) is 4. The summed E-state index contributed by atoms with van der Waals surface area (Å²) in [6, 6.07) is 22.7. The molecular weight excluding hydrogens is 526 g/mol. The number of benzene rings is 3. The lowest BCUT2D eigenvalue weighted by atomic mass is 10.1. The summed E-state index contributed by atoms with van der Waals surface area (Å²) in [4.78, 5) is 30.7. The van der Waals surface area contributed by atoms with Crippen LogP contribution in [0.3, 0.4) is 0 Å². The van der Waals surface area contributed by atoms with Crippen LogP contribution >= 0.6 is 27.7 Å². The number of thioether (sulfide) groups is 1. The molecule has 1 amide bonds. The van der Waals surface area contributed by atoms with Gasteiger partial charge in [0.1, 0.15) is 0 Å². The number of nitrogens with zero attached hydrogens (tertiary/aromatic N) is 3. The average Bonchev–Trinajstić information content (AvgIpc) is 3.33. The van der Waals surface area contributed by atoms with Crippen LogP contribution in [-0.2, 0) is 11.3 Å². The van der Waals surface area contributed by atoms with E-state index in [9.17, 15) is 9.59 Å². The zero-order chi connectivity index (χ0) is 24.5. The Kier molecular flexibility index (Phi) is 6.32. The zero-order valence-corrected chi connectivity index (χ0v) is 21.1. The van der Waals surface area contributed by atoms with Gasteiger partial charge in [-0.2, -0.15) is 0 Å². The van der Waals surface area contributed by atoms with Crippen LogP contribution < -0.4 is 0 Å². The molecule has 8 heteroatoms. The van der Waals surface area contributed by atoms with Crippen molar-refractivity contribution < 1.29 is 14.7 Å². The van der Waals surface area contributed by atoms with Crippen molar-refractivity contribution in [3.8, 4) is 0 Å². The number of rotatable bonds is 5. The fourth-order valence-electron chi connectivity index (χ4n) is 3.89. The van der Waals surface area contributed by atoms with E-state index in [1.165, 1.54) is 34.4 Å². The Hall–Kier alpha value is -3.62. The minimum atomic E-state index is -0.990. The Morgan fingerprint density at radius 1 is 1.06 bits per heavy atom. The number of carboxylic acid groups (broad SMARTS) is 1. The molecule has 35 heavy (non-hydrogen) atoms. The quantitative estimate of drug-likeness (QED) is 0.295. The van der Waals surface area contributed by atoms with E-state index < -0.39 is 5.97 Å². The van der Waals surface area contributed by atoms with E-state index in [-0.39, 0.29) is 11.5 Å². The number of hydrogen-bond donors (Lipinski definition) is 1. The van der Waals surface area contributed by atoms with Crippen molar-refractivity contribution in [1.82, 2.24) is 9.47 Å². The monoisotopic (exact) mass is 545 g/mol. The lowest BCUT2D eigenvalue weighted by Crippen LogP contribution is -2.23. The second kappa shape index (κ2) is 9.56. The van der Waals surface area contributed by atoms with E-state index in [0.29, 0.717) is 15.8 Å². The van der Waals surface area contributed by atoms with E-state index in [1.54, 1.807) is 19.2 Å². The molecule has 0 unspecified atom stereocenters. The number of amidine groups is 1. The molecule has 1 N–H and O–H groups in total. The largest absolute Gasteiger partial charge is 0.478 e. The first-order valence-corrected chi connectivity index (χ1v) is 12.4. The number of aromatic carboxylic acids is 1. The van der Waals surface area contributed by atoms with E-state index in [2.05, 4.69) is 56.0 Å². The maximum absolute atomic E-state index is 13.0. The summed E-state index contributed by atoms with van der Waals surface area (Å²) in [6.45, 7) is 0.719. The molecule has 1 fully saturated rings. The molecule has 4 aromatic rings. The predicted molar refractivity (Wildman–Crippen MR) is 144 cm³/mol. The van der Waals surface area contributed by atoms with Crippen molar-refractivity contribution in [1.29, 1.82) is 0 Å². The van der Waals surface area contributed by atoms with Gasteiger partial charge in [0.25, 0.3) is 5.91 Å². The molecule has 0 bridgehead atoms. The molecule has 1 aliphatic rings. The van der Waals surface area contributed by atoms with Crippen LogP contribution in [0.5, 0.6) is 0 Å². The summed E-state index contributed by atoms with van der Waals surface area (Å²) >= 11 is 4.79. The van der Waals surface area contributed by atoms with Gasteiger partial charge in [-0.1, -0.05) is 46.3 Å². The van der Waals surface area contributed by atoms with Crippen LogP contribution in [0.1, 0.15) is 21.5 Å². The van der Waals surface area contributed by atoms with Crippen LogP contribution in [0.25, 0.3) is 17.0 Å². The third kappa shape index (κ3) is 4.80. The lowest BCUT2D eigenvalue weighted by molar-refractivity contribution is -0.121. The molecule has 1 saturated heterocycles. The van der Waals surface area contributed by atoms with Gasteiger partial charge in [0.2, 0.25) is 0 Å². The fraction of sp³-hybridized carbons (Fsp3) is 0.0741. The first-order chi connectivity index (χ1) is 16.9. The van der Waals surface area contributed by atoms with Crippen LogP contribution in [0, 0.1) is 0 Å². The first kappa shape index (κ1) is 23.1. The van der Waals surface area contributed by atoms with E-state index in [4.69, 9.17) is 5.11 Å². The maximum Gasteiger partial charge on any atom is 0.335 e. The number of para-hydroxylation sites is 1.